The lowest BCUT2D eigenvalue weighted by Crippen LogP contribution is -2.39. The fraction of sp³-hybridized carbons (Fsp3) is 0.500. The molecule has 0 aromatic heterocycles. The van der Waals surface area contributed by atoms with Crippen molar-refractivity contribution in [3.05, 3.63) is 34.9 Å². The Morgan fingerprint density at radius 1 is 1.25 bits per heavy atom. The standard InChI is InChI=1S/C16H21NO3/c1-11-3-4-14(12(2)9-11)16(20)17-7-5-13(6-8-17)10-15(18)19/h3-4,9,13H,5-8,10H2,1-2H3,(H,18,19). The molecule has 20 heavy (non-hydrogen) atoms. The lowest BCUT2D eigenvalue weighted by Gasteiger charge is -2.31. The van der Waals surface area contributed by atoms with Crippen molar-refractivity contribution < 1.29 is 14.7 Å². The molecule has 1 aliphatic rings. The number of carbonyl (C=O) groups excluding carboxylic acids is 1. The molecule has 4 nitrogen and oxygen atoms in total. The zero-order valence-corrected chi connectivity index (χ0v) is 12.1. The summed E-state index contributed by atoms with van der Waals surface area (Å²) in [5.74, 6) is -0.476. The molecule has 0 aliphatic carbocycles. The van der Waals surface area contributed by atoms with Crippen molar-refractivity contribution in [1.29, 1.82) is 0 Å². The number of aliphatic carboxylic acids is 1. The Bertz CT molecular complexity index is 516. The minimum Gasteiger partial charge on any atom is -0.481 e. The van der Waals surface area contributed by atoms with Crippen molar-refractivity contribution in [2.45, 2.75) is 33.1 Å². The van der Waals surface area contributed by atoms with Gasteiger partial charge in [0.15, 0.2) is 0 Å². The number of nitrogens with zero attached hydrogens (tertiary/aromatic N) is 1. The molecule has 1 aromatic carbocycles. The number of amides is 1. The van der Waals surface area contributed by atoms with E-state index >= 15 is 0 Å². The fourth-order valence-electron chi connectivity index (χ4n) is 2.81. The quantitative estimate of drug-likeness (QED) is 0.922. The van der Waals surface area contributed by atoms with E-state index in [4.69, 9.17) is 5.11 Å². The number of hydrogen-bond acceptors (Lipinski definition) is 2. The monoisotopic (exact) mass is 275 g/mol. The van der Waals surface area contributed by atoms with E-state index in [1.54, 1.807) is 0 Å². The van der Waals surface area contributed by atoms with Gasteiger partial charge in [-0.05, 0) is 44.2 Å². The average molecular weight is 275 g/mol. The maximum absolute atomic E-state index is 12.5. The first-order valence-electron chi connectivity index (χ1n) is 7.05. The predicted molar refractivity (Wildman–Crippen MR) is 76.8 cm³/mol. The number of likely N-dealkylation sites (tertiary alicyclic amines) is 1. The molecule has 0 bridgehead atoms. The maximum atomic E-state index is 12.5. The minimum absolute atomic E-state index is 0.0660. The molecule has 0 unspecified atom stereocenters. The number of hydrogen-bond donors (Lipinski definition) is 1. The van der Waals surface area contributed by atoms with E-state index in [9.17, 15) is 9.59 Å². The van der Waals surface area contributed by atoms with E-state index in [1.807, 2.05) is 36.9 Å². The van der Waals surface area contributed by atoms with Crippen molar-refractivity contribution >= 4 is 11.9 Å². The summed E-state index contributed by atoms with van der Waals surface area (Å²) in [5.41, 5.74) is 2.91. The van der Waals surface area contributed by atoms with Crippen molar-refractivity contribution in [3.63, 3.8) is 0 Å². The number of carboxylic acid groups (broad SMARTS) is 1. The predicted octanol–water partition coefficient (Wildman–Crippen LogP) is 2.63. The summed E-state index contributed by atoms with van der Waals surface area (Å²) in [4.78, 5) is 25.0. The van der Waals surface area contributed by atoms with Gasteiger partial charge in [-0.15, -0.1) is 0 Å². The van der Waals surface area contributed by atoms with Gasteiger partial charge in [-0.3, -0.25) is 9.59 Å². The van der Waals surface area contributed by atoms with Crippen molar-refractivity contribution in [2.75, 3.05) is 13.1 Å². The molecule has 0 saturated carbocycles. The molecule has 4 heteroatoms. The SMILES string of the molecule is Cc1ccc(C(=O)N2CCC(CC(=O)O)CC2)c(C)c1. The second kappa shape index (κ2) is 6.07. The number of carbonyl (C=O) groups is 2. The van der Waals surface area contributed by atoms with Crippen LogP contribution in [0.15, 0.2) is 18.2 Å². The second-order valence-corrected chi connectivity index (χ2v) is 5.65. The lowest BCUT2D eigenvalue weighted by molar-refractivity contribution is -0.138. The highest BCUT2D eigenvalue weighted by molar-refractivity contribution is 5.95. The van der Waals surface area contributed by atoms with Gasteiger partial charge in [-0.2, -0.15) is 0 Å². The van der Waals surface area contributed by atoms with Crippen LogP contribution in [0.4, 0.5) is 0 Å². The molecule has 1 fully saturated rings. The molecule has 1 aromatic rings. The maximum Gasteiger partial charge on any atom is 0.303 e. The zero-order chi connectivity index (χ0) is 14.7. The average Bonchev–Trinajstić information content (AvgIpc) is 2.38. The van der Waals surface area contributed by atoms with Crippen LogP contribution in [0.5, 0.6) is 0 Å². The Morgan fingerprint density at radius 2 is 1.90 bits per heavy atom. The molecule has 1 aliphatic heterocycles. The Morgan fingerprint density at radius 3 is 2.45 bits per heavy atom. The Hall–Kier alpha value is -1.84. The van der Waals surface area contributed by atoms with Crippen LogP contribution in [0, 0.1) is 19.8 Å². The summed E-state index contributed by atoms with van der Waals surface area (Å²) in [6, 6.07) is 5.86. The molecular weight excluding hydrogens is 254 g/mol. The first-order chi connectivity index (χ1) is 9.47. The lowest BCUT2D eigenvalue weighted by atomic mass is 9.93. The topological polar surface area (TPSA) is 57.6 Å². The number of carboxylic acids is 1. The van der Waals surface area contributed by atoms with E-state index in [0.29, 0.717) is 13.1 Å². The molecule has 0 spiro atoms. The highest BCUT2D eigenvalue weighted by Gasteiger charge is 2.25. The third-order valence-corrected chi connectivity index (χ3v) is 3.98. The number of piperidine rings is 1. The smallest absolute Gasteiger partial charge is 0.303 e. The van der Waals surface area contributed by atoms with Gasteiger partial charge in [0.2, 0.25) is 0 Å². The molecule has 1 amide bonds. The summed E-state index contributed by atoms with van der Waals surface area (Å²) < 4.78 is 0. The first kappa shape index (κ1) is 14.6. The summed E-state index contributed by atoms with van der Waals surface area (Å²) in [7, 11) is 0. The molecule has 0 atom stereocenters. The molecule has 1 heterocycles. The fourth-order valence-corrected chi connectivity index (χ4v) is 2.81. The van der Waals surface area contributed by atoms with E-state index in [0.717, 1.165) is 29.5 Å². The van der Waals surface area contributed by atoms with Gasteiger partial charge >= 0.3 is 5.97 Å². The van der Waals surface area contributed by atoms with E-state index in [-0.39, 0.29) is 18.2 Å². The summed E-state index contributed by atoms with van der Waals surface area (Å²) in [6.07, 6.45) is 1.78. The first-order valence-corrected chi connectivity index (χ1v) is 7.05. The number of rotatable bonds is 3. The van der Waals surface area contributed by atoms with E-state index in [2.05, 4.69) is 0 Å². The van der Waals surface area contributed by atoms with Crippen molar-refractivity contribution in [2.24, 2.45) is 5.92 Å². The zero-order valence-electron chi connectivity index (χ0n) is 12.1. The van der Waals surface area contributed by atoms with E-state index < -0.39 is 5.97 Å². The van der Waals surface area contributed by atoms with Crippen LogP contribution in [0.3, 0.4) is 0 Å². The number of benzene rings is 1. The molecule has 0 radical (unpaired) electrons. The van der Waals surface area contributed by atoms with Gasteiger partial charge in [-0.1, -0.05) is 17.7 Å². The van der Waals surface area contributed by atoms with Crippen LogP contribution in [0.2, 0.25) is 0 Å². The molecule has 1 saturated heterocycles. The Balaban J connectivity index is 1.99. The second-order valence-electron chi connectivity index (χ2n) is 5.65. The van der Waals surface area contributed by atoms with Crippen LogP contribution < -0.4 is 0 Å². The third kappa shape index (κ3) is 3.38. The highest BCUT2D eigenvalue weighted by Crippen LogP contribution is 2.22. The van der Waals surface area contributed by atoms with Crippen LogP contribution in [-0.4, -0.2) is 35.0 Å². The highest BCUT2D eigenvalue weighted by atomic mass is 16.4. The Labute approximate surface area is 119 Å². The van der Waals surface area contributed by atoms with Gasteiger partial charge in [0.1, 0.15) is 0 Å². The minimum atomic E-state index is -0.746. The Kier molecular flexibility index (Phi) is 4.42. The molecule has 1 N–H and O–H groups in total. The van der Waals surface area contributed by atoms with Gasteiger partial charge in [0.25, 0.3) is 5.91 Å². The van der Waals surface area contributed by atoms with Gasteiger partial charge in [-0.25, -0.2) is 0 Å². The summed E-state index contributed by atoms with van der Waals surface area (Å²) in [6.45, 7) is 5.28. The summed E-state index contributed by atoms with van der Waals surface area (Å²) >= 11 is 0. The van der Waals surface area contributed by atoms with Gasteiger partial charge in [0.05, 0.1) is 0 Å². The summed E-state index contributed by atoms with van der Waals surface area (Å²) in [5, 5.41) is 8.80. The molecule has 108 valence electrons. The molecular formula is C16H21NO3. The van der Waals surface area contributed by atoms with Crippen molar-refractivity contribution in [1.82, 2.24) is 4.90 Å². The third-order valence-electron chi connectivity index (χ3n) is 3.98. The van der Waals surface area contributed by atoms with Crippen LogP contribution in [0.1, 0.15) is 40.7 Å². The van der Waals surface area contributed by atoms with Crippen LogP contribution in [-0.2, 0) is 4.79 Å². The largest absolute Gasteiger partial charge is 0.481 e. The molecule has 2 rings (SSSR count). The van der Waals surface area contributed by atoms with E-state index in [1.165, 1.54) is 0 Å². The van der Waals surface area contributed by atoms with Gasteiger partial charge in [0, 0.05) is 25.1 Å². The number of aryl methyl sites for hydroxylation is 2. The normalized spacial score (nSPS) is 16.2. The van der Waals surface area contributed by atoms with Gasteiger partial charge < -0.3 is 10.0 Å². The van der Waals surface area contributed by atoms with Crippen LogP contribution >= 0.6 is 0 Å². The van der Waals surface area contributed by atoms with Crippen molar-refractivity contribution in [3.8, 4) is 0 Å². The van der Waals surface area contributed by atoms with Crippen LogP contribution in [0.25, 0.3) is 0 Å².